The lowest BCUT2D eigenvalue weighted by atomic mass is 9.84. The highest BCUT2D eigenvalue weighted by Crippen LogP contribution is 2.42. The van der Waals surface area contributed by atoms with Gasteiger partial charge in [0.25, 0.3) is 5.69 Å². The smallest absolute Gasteiger partial charge is 0.336 e. The Morgan fingerprint density at radius 1 is 1.07 bits per heavy atom. The van der Waals surface area contributed by atoms with Crippen LogP contribution in [0.2, 0.25) is 0 Å². The minimum absolute atomic E-state index is 0.0367. The largest absolute Gasteiger partial charge is 0.456 e. The van der Waals surface area contributed by atoms with E-state index in [4.69, 9.17) is 4.74 Å². The van der Waals surface area contributed by atoms with E-state index >= 15 is 0 Å². The summed E-state index contributed by atoms with van der Waals surface area (Å²) in [4.78, 5) is 37.2. The summed E-state index contributed by atoms with van der Waals surface area (Å²) in [5.41, 5.74) is 3.40. The molecule has 0 fully saturated rings. The highest BCUT2D eigenvalue weighted by molar-refractivity contribution is 6.06. The van der Waals surface area contributed by atoms with Gasteiger partial charge in [0, 0.05) is 30.2 Å². The number of hydrogen-bond acceptors (Lipinski definition) is 5. The van der Waals surface area contributed by atoms with Gasteiger partial charge < -0.3 is 4.74 Å². The second kappa shape index (κ2) is 6.35. The maximum atomic E-state index is 12.9. The van der Waals surface area contributed by atoms with Gasteiger partial charge in [-0.25, -0.2) is 4.79 Å². The van der Waals surface area contributed by atoms with Crippen LogP contribution < -0.4 is 4.90 Å². The zero-order chi connectivity index (χ0) is 19.1. The van der Waals surface area contributed by atoms with Crippen LogP contribution in [0.15, 0.2) is 59.8 Å². The highest BCUT2D eigenvalue weighted by Gasteiger charge is 2.42. The molecule has 7 nitrogen and oxygen atoms in total. The molecular weight excluding hydrogens is 348 g/mol. The number of amides is 1. The summed E-state index contributed by atoms with van der Waals surface area (Å²) >= 11 is 0. The Labute approximate surface area is 155 Å². The topological polar surface area (TPSA) is 89.8 Å². The number of rotatable bonds is 3. The molecular formula is C20H16N2O5. The standard InChI is InChI=1S/C20H16N2O5/c1-12-2-6-14(7-3-12)21-17-11-27-20(24)19(17)16(10-18(21)23)13-4-8-15(9-5-13)22(25)26/h2-9,16H,10-11H2,1H3. The highest BCUT2D eigenvalue weighted by atomic mass is 16.6. The van der Waals surface area contributed by atoms with E-state index in [1.165, 1.54) is 12.1 Å². The van der Waals surface area contributed by atoms with Crippen LogP contribution in [0.5, 0.6) is 0 Å². The van der Waals surface area contributed by atoms with Gasteiger partial charge in [-0.3, -0.25) is 19.8 Å². The second-order valence-electron chi connectivity index (χ2n) is 6.61. The third kappa shape index (κ3) is 2.87. The Hall–Kier alpha value is -3.48. The Kier molecular flexibility index (Phi) is 3.99. The number of anilines is 1. The van der Waals surface area contributed by atoms with Gasteiger partial charge in [-0.15, -0.1) is 0 Å². The normalized spacial score (nSPS) is 19.1. The van der Waals surface area contributed by atoms with Crippen LogP contribution in [0.1, 0.15) is 23.5 Å². The van der Waals surface area contributed by atoms with E-state index in [2.05, 4.69) is 0 Å². The summed E-state index contributed by atoms with van der Waals surface area (Å²) in [6, 6.07) is 13.4. The number of nitrogens with zero attached hydrogens (tertiary/aromatic N) is 2. The van der Waals surface area contributed by atoms with Gasteiger partial charge in [0.2, 0.25) is 5.91 Å². The quantitative estimate of drug-likeness (QED) is 0.474. The molecule has 2 aliphatic heterocycles. The summed E-state index contributed by atoms with van der Waals surface area (Å²) in [7, 11) is 0. The summed E-state index contributed by atoms with van der Waals surface area (Å²) < 4.78 is 5.22. The second-order valence-corrected chi connectivity index (χ2v) is 6.61. The molecule has 0 bridgehead atoms. The van der Waals surface area contributed by atoms with E-state index in [9.17, 15) is 19.7 Å². The molecule has 0 aromatic heterocycles. The fourth-order valence-corrected chi connectivity index (χ4v) is 3.56. The minimum atomic E-state index is -0.483. The third-order valence-corrected chi connectivity index (χ3v) is 4.92. The van der Waals surface area contributed by atoms with Crippen LogP contribution in [-0.4, -0.2) is 23.4 Å². The Morgan fingerprint density at radius 3 is 2.37 bits per heavy atom. The van der Waals surface area contributed by atoms with Crippen LogP contribution in [-0.2, 0) is 14.3 Å². The minimum Gasteiger partial charge on any atom is -0.456 e. The predicted molar refractivity (Wildman–Crippen MR) is 97.1 cm³/mol. The van der Waals surface area contributed by atoms with E-state index in [1.54, 1.807) is 17.0 Å². The lowest BCUT2D eigenvalue weighted by Crippen LogP contribution is -2.37. The number of aryl methyl sites for hydroxylation is 1. The lowest BCUT2D eigenvalue weighted by Gasteiger charge is -2.31. The van der Waals surface area contributed by atoms with Gasteiger partial charge in [-0.1, -0.05) is 29.8 Å². The number of non-ortho nitro benzene ring substituents is 1. The number of esters is 1. The number of nitro groups is 1. The number of hydrogen-bond donors (Lipinski definition) is 0. The third-order valence-electron chi connectivity index (χ3n) is 4.92. The van der Waals surface area contributed by atoms with Crippen molar-refractivity contribution in [2.24, 2.45) is 0 Å². The average Bonchev–Trinajstić information content (AvgIpc) is 3.04. The van der Waals surface area contributed by atoms with E-state index in [-0.39, 0.29) is 24.6 Å². The molecule has 1 amide bonds. The first-order chi connectivity index (χ1) is 13.0. The molecule has 1 atom stereocenters. The number of benzene rings is 2. The van der Waals surface area contributed by atoms with Crippen molar-refractivity contribution >= 4 is 23.3 Å². The monoisotopic (exact) mass is 364 g/mol. The molecule has 1 unspecified atom stereocenters. The Balaban J connectivity index is 1.77. The first-order valence-electron chi connectivity index (χ1n) is 8.50. The van der Waals surface area contributed by atoms with Crippen LogP contribution >= 0.6 is 0 Å². The van der Waals surface area contributed by atoms with Crippen LogP contribution in [0.25, 0.3) is 0 Å². The van der Waals surface area contributed by atoms with Gasteiger partial charge in [0.15, 0.2) is 0 Å². The van der Waals surface area contributed by atoms with E-state index in [0.717, 1.165) is 5.56 Å². The van der Waals surface area contributed by atoms with Gasteiger partial charge in [-0.05, 0) is 24.6 Å². The first kappa shape index (κ1) is 17.0. The molecule has 27 heavy (non-hydrogen) atoms. The van der Waals surface area contributed by atoms with Crippen molar-refractivity contribution in [2.75, 3.05) is 11.5 Å². The predicted octanol–water partition coefficient (Wildman–Crippen LogP) is 3.23. The summed E-state index contributed by atoms with van der Waals surface area (Å²) in [6.45, 7) is 2.00. The molecule has 0 saturated heterocycles. The number of nitro benzene ring substituents is 1. The summed E-state index contributed by atoms with van der Waals surface area (Å²) in [5.74, 6) is -1.05. The van der Waals surface area contributed by atoms with E-state index in [0.29, 0.717) is 22.5 Å². The van der Waals surface area contributed by atoms with Crippen molar-refractivity contribution in [1.82, 2.24) is 0 Å². The molecule has 7 heteroatoms. The van der Waals surface area contributed by atoms with Crippen molar-refractivity contribution in [1.29, 1.82) is 0 Å². The molecule has 2 heterocycles. The molecule has 4 rings (SSSR count). The zero-order valence-electron chi connectivity index (χ0n) is 14.5. The molecule has 2 aromatic carbocycles. The fraction of sp³-hybridized carbons (Fsp3) is 0.200. The van der Waals surface area contributed by atoms with Gasteiger partial charge in [0.05, 0.1) is 16.2 Å². The Bertz CT molecular complexity index is 976. The van der Waals surface area contributed by atoms with Crippen molar-refractivity contribution in [3.05, 3.63) is 81.0 Å². The van der Waals surface area contributed by atoms with Gasteiger partial charge >= 0.3 is 5.97 Å². The van der Waals surface area contributed by atoms with Crippen molar-refractivity contribution in [2.45, 2.75) is 19.3 Å². The molecule has 2 aromatic rings. The van der Waals surface area contributed by atoms with Gasteiger partial charge in [0.1, 0.15) is 6.61 Å². The maximum absolute atomic E-state index is 12.9. The molecule has 0 saturated carbocycles. The summed E-state index contributed by atoms with van der Waals surface area (Å²) in [5, 5.41) is 10.9. The lowest BCUT2D eigenvalue weighted by molar-refractivity contribution is -0.384. The number of cyclic esters (lactones) is 1. The number of ether oxygens (including phenoxy) is 1. The maximum Gasteiger partial charge on any atom is 0.336 e. The van der Waals surface area contributed by atoms with Crippen molar-refractivity contribution < 1.29 is 19.2 Å². The zero-order valence-corrected chi connectivity index (χ0v) is 14.5. The van der Waals surface area contributed by atoms with Gasteiger partial charge in [-0.2, -0.15) is 0 Å². The van der Waals surface area contributed by atoms with E-state index < -0.39 is 16.8 Å². The van der Waals surface area contributed by atoms with E-state index in [1.807, 2.05) is 31.2 Å². The number of carbonyl (C=O) groups excluding carboxylic acids is 2. The molecule has 0 spiro atoms. The van der Waals surface area contributed by atoms with Crippen LogP contribution in [0.3, 0.4) is 0 Å². The SMILES string of the molecule is Cc1ccc(N2C(=O)CC(c3ccc([N+](=O)[O-])cc3)C3=C2COC3=O)cc1. The number of carbonyl (C=O) groups is 2. The van der Waals surface area contributed by atoms with Crippen molar-refractivity contribution in [3.8, 4) is 0 Å². The first-order valence-corrected chi connectivity index (χ1v) is 8.50. The average molecular weight is 364 g/mol. The molecule has 136 valence electrons. The van der Waals surface area contributed by atoms with Crippen molar-refractivity contribution in [3.63, 3.8) is 0 Å². The fourth-order valence-electron chi connectivity index (χ4n) is 3.56. The summed E-state index contributed by atoms with van der Waals surface area (Å²) in [6.07, 6.45) is 0.0968. The molecule has 0 N–H and O–H groups in total. The molecule has 2 aliphatic rings. The van der Waals surface area contributed by atoms with Crippen LogP contribution in [0.4, 0.5) is 11.4 Å². The molecule has 0 aliphatic carbocycles. The van der Waals surface area contributed by atoms with Crippen LogP contribution in [0, 0.1) is 17.0 Å². The Morgan fingerprint density at radius 2 is 1.74 bits per heavy atom. The molecule has 0 radical (unpaired) electrons.